The summed E-state index contributed by atoms with van der Waals surface area (Å²) < 4.78 is 6.75. The first kappa shape index (κ1) is 24.9. The lowest BCUT2D eigenvalue weighted by Gasteiger charge is -2.39. The number of aromatic nitrogens is 4. The Hall–Kier alpha value is -4.42. The number of hydrogen-bond acceptors (Lipinski definition) is 10. The van der Waals surface area contributed by atoms with Crippen molar-refractivity contribution in [3.05, 3.63) is 70.0 Å². The smallest absolute Gasteiger partial charge is 0.247 e. The van der Waals surface area contributed by atoms with Crippen LogP contribution in [0.3, 0.4) is 0 Å². The third-order valence-electron chi connectivity index (χ3n) is 7.02. The number of methoxy groups -OCH3 is 1. The highest BCUT2D eigenvalue weighted by atomic mass is 35.5. The number of anilines is 3. The van der Waals surface area contributed by atoms with Gasteiger partial charge in [-0.15, -0.1) is 5.10 Å². The maximum atomic E-state index is 10.9. The van der Waals surface area contributed by atoms with Crippen LogP contribution in [-0.2, 0) is 12.1 Å². The summed E-state index contributed by atoms with van der Waals surface area (Å²) in [6.45, 7) is 1.23. The summed E-state index contributed by atoms with van der Waals surface area (Å²) >= 11 is 6.73. The summed E-state index contributed by atoms with van der Waals surface area (Å²) in [5.41, 5.74) is 1.77. The molecule has 2 aromatic heterocycles. The molecule has 2 aromatic carbocycles. The van der Waals surface area contributed by atoms with Gasteiger partial charge in [0.15, 0.2) is 17.2 Å². The number of β-amino-alcohol motifs (C(OH)–C–C–N with tert-alkyl or cyclic N) is 1. The summed E-state index contributed by atoms with van der Waals surface area (Å²) in [6, 6.07) is 15.5. The van der Waals surface area contributed by atoms with E-state index in [9.17, 15) is 15.6 Å². The molecular weight excluding hydrogens is 518 g/mol. The van der Waals surface area contributed by atoms with Gasteiger partial charge in [0.05, 0.1) is 35.6 Å². The van der Waals surface area contributed by atoms with Crippen molar-refractivity contribution < 1.29 is 9.84 Å². The summed E-state index contributed by atoms with van der Waals surface area (Å²) in [6.07, 6.45) is 3.48. The number of nitriles is 2. The van der Waals surface area contributed by atoms with Gasteiger partial charge >= 0.3 is 0 Å². The Bertz CT molecular complexity index is 1650. The number of fused-ring (bicyclic) bond motifs is 1. The minimum atomic E-state index is -1.17. The molecule has 0 spiro atoms. The molecule has 0 atom stereocenters. The van der Waals surface area contributed by atoms with E-state index >= 15 is 0 Å². The summed E-state index contributed by atoms with van der Waals surface area (Å²) in [4.78, 5) is 11.5. The van der Waals surface area contributed by atoms with Crippen molar-refractivity contribution in [3.63, 3.8) is 0 Å². The number of rotatable bonds is 8. The normalized spacial score (nSPS) is 15.7. The van der Waals surface area contributed by atoms with Gasteiger partial charge in [-0.2, -0.15) is 20.0 Å². The Morgan fingerprint density at radius 3 is 2.62 bits per heavy atom. The molecule has 4 aromatic rings. The second-order valence-electron chi connectivity index (χ2n) is 9.71. The van der Waals surface area contributed by atoms with E-state index in [-0.39, 0.29) is 22.7 Å². The van der Waals surface area contributed by atoms with Crippen molar-refractivity contribution in [2.45, 2.75) is 31.0 Å². The van der Waals surface area contributed by atoms with Crippen LogP contribution in [0.5, 0.6) is 5.75 Å². The van der Waals surface area contributed by atoms with Crippen molar-refractivity contribution in [3.8, 4) is 17.9 Å². The third kappa shape index (κ3) is 4.57. The van der Waals surface area contributed by atoms with Crippen LogP contribution in [-0.4, -0.2) is 50.9 Å². The number of hydrogen-bond donors (Lipinski definition) is 3. The van der Waals surface area contributed by atoms with Crippen LogP contribution in [0.1, 0.15) is 35.2 Å². The molecule has 1 aliphatic carbocycles. The third-order valence-corrected chi connectivity index (χ3v) is 7.42. The van der Waals surface area contributed by atoms with E-state index < -0.39 is 5.60 Å². The van der Waals surface area contributed by atoms with Gasteiger partial charge < -0.3 is 25.4 Å². The molecule has 1 saturated heterocycles. The number of ether oxygens (including phenoxy) is 1. The van der Waals surface area contributed by atoms with Crippen molar-refractivity contribution in [2.75, 3.05) is 30.4 Å². The maximum Gasteiger partial charge on any atom is 0.247 e. The highest BCUT2D eigenvalue weighted by Crippen LogP contribution is 2.39. The van der Waals surface area contributed by atoms with Crippen molar-refractivity contribution in [2.24, 2.45) is 0 Å². The van der Waals surface area contributed by atoms with Gasteiger partial charge in [-0.1, -0.05) is 23.7 Å². The second kappa shape index (κ2) is 9.71. The number of aliphatic hydroxyl groups is 1. The molecule has 1 saturated carbocycles. The van der Waals surface area contributed by atoms with E-state index in [1.807, 2.05) is 24.3 Å². The number of nitrogens with one attached hydrogen (secondary N) is 2. The summed E-state index contributed by atoms with van der Waals surface area (Å²) in [5, 5.41) is 41.2. The van der Waals surface area contributed by atoms with Gasteiger partial charge in [-0.3, -0.25) is 0 Å². The standard InChI is InChI=1S/C27H24ClN9O2/c1-39-20-6-2-16(3-7-20)13-36(18-4-5-18)25-24-32-12-19(11-30)37(24)35-26(34-25)33-22-9-17(10-29)8-21(23(22)28)27(38)14-31-15-27/h2-3,6-9,12,18,31,38H,4-5,13-15H2,1H3,(H,33,35). The Morgan fingerprint density at radius 2 is 2.00 bits per heavy atom. The summed E-state index contributed by atoms with van der Waals surface area (Å²) in [5.74, 6) is 1.52. The Morgan fingerprint density at radius 1 is 1.23 bits per heavy atom. The fourth-order valence-corrected chi connectivity index (χ4v) is 5.00. The molecule has 3 N–H and O–H groups in total. The van der Waals surface area contributed by atoms with E-state index in [1.165, 1.54) is 10.7 Å². The molecule has 11 nitrogen and oxygen atoms in total. The van der Waals surface area contributed by atoms with Gasteiger partial charge in [-0.05, 0) is 42.7 Å². The number of benzene rings is 2. The first-order valence-electron chi connectivity index (χ1n) is 12.4. The van der Waals surface area contributed by atoms with Gasteiger partial charge in [0.1, 0.15) is 17.4 Å². The highest BCUT2D eigenvalue weighted by Gasteiger charge is 2.39. The fourth-order valence-electron chi connectivity index (χ4n) is 4.67. The Balaban J connectivity index is 1.43. The van der Waals surface area contributed by atoms with E-state index in [2.05, 4.69) is 37.8 Å². The molecule has 3 heterocycles. The van der Waals surface area contributed by atoms with Gasteiger partial charge in [-0.25, -0.2) is 4.98 Å². The zero-order chi connectivity index (χ0) is 27.1. The predicted molar refractivity (Wildman–Crippen MR) is 144 cm³/mol. The predicted octanol–water partition coefficient (Wildman–Crippen LogP) is 3.23. The minimum absolute atomic E-state index is 0.175. The fraction of sp³-hybridized carbons (Fsp3) is 0.296. The van der Waals surface area contributed by atoms with E-state index in [0.29, 0.717) is 47.9 Å². The molecular formula is C27H24ClN9O2. The van der Waals surface area contributed by atoms with Crippen LogP contribution in [0.2, 0.25) is 5.02 Å². The quantitative estimate of drug-likeness (QED) is 0.303. The molecule has 0 amide bonds. The van der Waals surface area contributed by atoms with Crippen LogP contribution in [0.25, 0.3) is 5.65 Å². The van der Waals surface area contributed by atoms with E-state index in [1.54, 1.807) is 19.2 Å². The molecule has 0 radical (unpaired) electrons. The van der Waals surface area contributed by atoms with Crippen molar-refractivity contribution in [1.29, 1.82) is 10.5 Å². The number of halogens is 1. The van der Waals surface area contributed by atoms with Crippen LogP contribution in [0.15, 0.2) is 42.6 Å². The zero-order valence-corrected chi connectivity index (χ0v) is 21.8. The second-order valence-corrected chi connectivity index (χ2v) is 10.1. The maximum absolute atomic E-state index is 10.9. The van der Waals surface area contributed by atoms with Gasteiger partial charge in [0.25, 0.3) is 0 Å². The average molecular weight is 542 g/mol. The Labute approximate surface area is 229 Å². The molecule has 12 heteroatoms. The van der Waals surface area contributed by atoms with Gasteiger partial charge in [0.2, 0.25) is 5.95 Å². The minimum Gasteiger partial charge on any atom is -0.497 e. The topological polar surface area (TPSA) is 147 Å². The van der Waals surface area contributed by atoms with Crippen LogP contribution in [0.4, 0.5) is 17.5 Å². The molecule has 0 bridgehead atoms. The lowest BCUT2D eigenvalue weighted by Crippen LogP contribution is -2.56. The van der Waals surface area contributed by atoms with Crippen LogP contribution in [0, 0.1) is 22.7 Å². The molecule has 2 fully saturated rings. The van der Waals surface area contributed by atoms with Crippen LogP contribution >= 0.6 is 11.6 Å². The first-order chi connectivity index (χ1) is 18.9. The SMILES string of the molecule is COc1ccc(CN(c2nc(Nc3cc(C#N)cc(C4(O)CNC4)c3Cl)nn3c(C#N)cnc23)C2CC2)cc1. The molecule has 0 unspecified atom stereocenters. The Kier molecular flexibility index (Phi) is 6.20. The number of nitrogens with zero attached hydrogens (tertiary/aromatic N) is 7. The molecule has 1 aliphatic heterocycles. The molecule has 39 heavy (non-hydrogen) atoms. The lowest BCUT2D eigenvalue weighted by atomic mass is 9.87. The van der Waals surface area contributed by atoms with Gasteiger partial charge in [0, 0.05) is 31.2 Å². The average Bonchev–Trinajstić information content (AvgIpc) is 3.70. The van der Waals surface area contributed by atoms with E-state index in [0.717, 1.165) is 24.2 Å². The van der Waals surface area contributed by atoms with E-state index in [4.69, 9.17) is 21.3 Å². The van der Waals surface area contributed by atoms with Crippen molar-refractivity contribution in [1.82, 2.24) is 24.9 Å². The monoisotopic (exact) mass is 541 g/mol. The first-order valence-corrected chi connectivity index (χ1v) is 12.8. The van der Waals surface area contributed by atoms with Crippen molar-refractivity contribution >= 4 is 34.7 Å². The highest BCUT2D eigenvalue weighted by molar-refractivity contribution is 6.34. The molecule has 6 rings (SSSR count). The van der Waals surface area contributed by atoms with Crippen LogP contribution < -0.4 is 20.3 Å². The summed E-state index contributed by atoms with van der Waals surface area (Å²) in [7, 11) is 1.63. The molecule has 196 valence electrons. The lowest BCUT2D eigenvalue weighted by molar-refractivity contribution is -0.0145. The number of imidazole rings is 1. The molecule has 2 aliphatic rings. The zero-order valence-electron chi connectivity index (χ0n) is 21.0. The largest absolute Gasteiger partial charge is 0.497 e.